The highest BCUT2D eigenvalue weighted by Crippen LogP contribution is 2.36. The first-order chi connectivity index (χ1) is 17.6. The number of amides is 2. The minimum atomic E-state index is -0.213. The van der Waals surface area contributed by atoms with Gasteiger partial charge in [-0.25, -0.2) is 0 Å². The van der Waals surface area contributed by atoms with Crippen LogP contribution in [0.15, 0.2) is 53.3 Å². The third kappa shape index (κ3) is 7.31. The Labute approximate surface area is 219 Å². The topological polar surface area (TPSA) is 124 Å². The molecule has 0 aromatic heterocycles. The lowest BCUT2D eigenvalue weighted by Crippen LogP contribution is -2.58. The Morgan fingerprint density at radius 1 is 1.30 bits per heavy atom. The van der Waals surface area contributed by atoms with Crippen LogP contribution in [-0.4, -0.2) is 66.5 Å². The standard InChI is InChI=1S/C28H38N6O3/c1-6-7-9-21(15-33(4)22-16-34(17-22)19(3)35)23-10-8-11-24(27(23)37-5)31-25(18(2)29)14-26(30)32-28(36)20-12-13-20/h7-11,14-15,20,22,29,31H,6,12-13,16-17H2,1-5H3,(H2,30,32,36)/b9-7-,21-15+,25-14+,29-18?. The molecule has 1 saturated carbocycles. The van der Waals surface area contributed by atoms with E-state index in [9.17, 15) is 9.59 Å². The van der Waals surface area contributed by atoms with Gasteiger partial charge in [-0.3, -0.25) is 9.59 Å². The van der Waals surface area contributed by atoms with Gasteiger partial charge >= 0.3 is 0 Å². The molecule has 4 N–H and O–H groups in total. The van der Waals surface area contributed by atoms with Gasteiger partial charge in [0.05, 0.1) is 30.2 Å². The fraction of sp³-hybridized carbons (Fsp3) is 0.429. The number of para-hydroxylation sites is 1. The zero-order chi connectivity index (χ0) is 27.1. The number of benzene rings is 1. The number of rotatable bonds is 11. The van der Waals surface area contributed by atoms with Crippen molar-refractivity contribution in [3.63, 3.8) is 0 Å². The number of ether oxygens (including phenoxy) is 1. The second-order valence-corrected chi connectivity index (χ2v) is 9.48. The summed E-state index contributed by atoms with van der Waals surface area (Å²) in [4.78, 5) is 31.5. The first-order valence-electron chi connectivity index (χ1n) is 12.6. The van der Waals surface area contributed by atoms with Crippen molar-refractivity contribution in [3.05, 3.63) is 53.9 Å². The van der Waals surface area contributed by atoms with Gasteiger partial charge in [-0.05, 0) is 32.3 Å². The zero-order valence-corrected chi connectivity index (χ0v) is 22.4. The van der Waals surface area contributed by atoms with E-state index in [1.54, 1.807) is 21.0 Å². The summed E-state index contributed by atoms with van der Waals surface area (Å²) in [6.07, 6.45) is 10.3. The van der Waals surface area contributed by atoms with Crippen molar-refractivity contribution < 1.29 is 14.3 Å². The number of allylic oxidation sites excluding steroid dienone is 4. The number of nitrogens with zero attached hydrogens (tertiary/aromatic N) is 3. The monoisotopic (exact) mass is 506 g/mol. The number of likely N-dealkylation sites (N-methyl/N-ethyl adjacent to an activating group) is 1. The summed E-state index contributed by atoms with van der Waals surface area (Å²) in [5.41, 5.74) is 9.16. The Balaban J connectivity index is 1.91. The van der Waals surface area contributed by atoms with Crippen molar-refractivity contribution in [1.29, 1.82) is 5.41 Å². The van der Waals surface area contributed by atoms with Crippen LogP contribution >= 0.6 is 0 Å². The Kier molecular flexibility index (Phi) is 9.27. The van der Waals surface area contributed by atoms with Crippen molar-refractivity contribution in [3.8, 4) is 5.75 Å². The van der Waals surface area contributed by atoms with Crippen molar-refractivity contribution in [2.45, 2.75) is 46.1 Å². The lowest BCUT2D eigenvalue weighted by atomic mass is 10.0. The van der Waals surface area contributed by atoms with Crippen molar-refractivity contribution in [2.24, 2.45) is 16.6 Å². The van der Waals surface area contributed by atoms with Crippen LogP contribution in [-0.2, 0) is 9.59 Å². The Hall–Kier alpha value is -3.88. The summed E-state index contributed by atoms with van der Waals surface area (Å²) in [5.74, 6) is 0.530. The van der Waals surface area contributed by atoms with E-state index in [2.05, 4.69) is 40.5 Å². The van der Waals surface area contributed by atoms with Crippen molar-refractivity contribution >= 4 is 34.6 Å². The van der Waals surface area contributed by atoms with E-state index in [-0.39, 0.29) is 35.3 Å². The average Bonchev–Trinajstić information content (AvgIpc) is 3.65. The number of amidine groups is 1. The van der Waals surface area contributed by atoms with Gasteiger partial charge in [-0.2, -0.15) is 4.99 Å². The molecule has 198 valence electrons. The van der Waals surface area contributed by atoms with Crippen LogP contribution in [0, 0.1) is 11.3 Å². The number of nitrogens with two attached hydrogens (primary N) is 1. The van der Waals surface area contributed by atoms with E-state index in [1.807, 2.05) is 30.1 Å². The molecule has 1 aliphatic heterocycles. The summed E-state index contributed by atoms with van der Waals surface area (Å²) in [5, 5.41) is 11.5. The van der Waals surface area contributed by atoms with Gasteiger partial charge in [0.15, 0.2) is 0 Å². The first-order valence-corrected chi connectivity index (χ1v) is 12.6. The van der Waals surface area contributed by atoms with Crippen LogP contribution in [0.1, 0.15) is 45.6 Å². The van der Waals surface area contributed by atoms with Crippen LogP contribution in [0.5, 0.6) is 5.75 Å². The zero-order valence-electron chi connectivity index (χ0n) is 22.4. The van der Waals surface area contributed by atoms with Crippen molar-refractivity contribution in [1.82, 2.24) is 9.80 Å². The van der Waals surface area contributed by atoms with E-state index in [0.29, 0.717) is 30.2 Å². The number of likely N-dealkylation sites (tertiary alicyclic amines) is 1. The summed E-state index contributed by atoms with van der Waals surface area (Å²) < 4.78 is 5.84. The van der Waals surface area contributed by atoms with Gasteiger partial charge < -0.3 is 31.0 Å². The van der Waals surface area contributed by atoms with Crippen molar-refractivity contribution in [2.75, 3.05) is 32.6 Å². The lowest BCUT2D eigenvalue weighted by molar-refractivity contribution is -0.135. The molecular weight excluding hydrogens is 468 g/mol. The Morgan fingerprint density at radius 2 is 2.00 bits per heavy atom. The van der Waals surface area contributed by atoms with E-state index < -0.39 is 0 Å². The number of methoxy groups -OCH3 is 1. The Bertz CT molecular complexity index is 1160. The number of aliphatic imine (C=N–C) groups is 1. The first kappa shape index (κ1) is 27.7. The van der Waals surface area contributed by atoms with E-state index in [4.69, 9.17) is 15.9 Å². The number of carbonyl (C=O) groups is 2. The molecule has 9 nitrogen and oxygen atoms in total. The molecule has 3 rings (SSSR count). The average molecular weight is 507 g/mol. The molecule has 2 amide bonds. The molecule has 9 heteroatoms. The van der Waals surface area contributed by atoms with Gasteiger partial charge in [0.25, 0.3) is 5.91 Å². The molecule has 0 atom stereocenters. The van der Waals surface area contributed by atoms with Gasteiger partial charge in [0.2, 0.25) is 5.91 Å². The van der Waals surface area contributed by atoms with Gasteiger partial charge in [0.1, 0.15) is 11.6 Å². The van der Waals surface area contributed by atoms with Crippen LogP contribution in [0.4, 0.5) is 5.69 Å². The molecular formula is C28H38N6O3. The fourth-order valence-corrected chi connectivity index (χ4v) is 3.94. The molecule has 0 bridgehead atoms. The predicted octanol–water partition coefficient (Wildman–Crippen LogP) is 3.79. The smallest absolute Gasteiger partial charge is 0.250 e. The molecule has 0 unspecified atom stereocenters. The lowest BCUT2D eigenvalue weighted by Gasteiger charge is -2.43. The minimum absolute atomic E-state index is 0.0220. The van der Waals surface area contributed by atoms with Crippen LogP contribution in [0.3, 0.4) is 0 Å². The molecule has 0 spiro atoms. The van der Waals surface area contributed by atoms with E-state index in [1.165, 1.54) is 6.08 Å². The predicted molar refractivity (Wildman–Crippen MR) is 149 cm³/mol. The third-order valence-electron chi connectivity index (χ3n) is 6.42. The minimum Gasteiger partial charge on any atom is -0.494 e. The second-order valence-electron chi connectivity index (χ2n) is 9.48. The number of hydrogen-bond acceptors (Lipinski definition) is 6. The summed E-state index contributed by atoms with van der Waals surface area (Å²) in [7, 11) is 3.62. The highest BCUT2D eigenvalue weighted by molar-refractivity contribution is 6.08. The largest absolute Gasteiger partial charge is 0.494 e. The number of carbonyl (C=O) groups excluding carboxylic acids is 2. The third-order valence-corrected chi connectivity index (χ3v) is 6.42. The van der Waals surface area contributed by atoms with E-state index >= 15 is 0 Å². The van der Waals surface area contributed by atoms with Gasteiger partial charge in [0, 0.05) is 56.4 Å². The summed E-state index contributed by atoms with van der Waals surface area (Å²) in [6, 6.07) is 6.01. The van der Waals surface area contributed by atoms with Crippen LogP contribution in [0.25, 0.3) is 5.57 Å². The SMILES string of the molecule is CC/C=C\C(=C/N(C)C1CN(C(C)=O)C1)c1cccc(N/C(=C/C(N)=NC(=O)C2CC2)C(C)=N)c1OC. The summed E-state index contributed by atoms with van der Waals surface area (Å²) in [6.45, 7) is 6.70. The second kappa shape index (κ2) is 12.4. The molecule has 37 heavy (non-hydrogen) atoms. The fourth-order valence-electron chi connectivity index (χ4n) is 3.94. The number of nitrogens with one attached hydrogen (secondary N) is 2. The van der Waals surface area contributed by atoms with E-state index in [0.717, 1.165) is 30.4 Å². The normalized spacial score (nSPS) is 17.0. The Morgan fingerprint density at radius 3 is 2.57 bits per heavy atom. The highest BCUT2D eigenvalue weighted by atomic mass is 16.5. The van der Waals surface area contributed by atoms with Gasteiger partial charge in [-0.15, -0.1) is 0 Å². The molecule has 0 radical (unpaired) electrons. The molecule has 2 fully saturated rings. The quantitative estimate of drug-likeness (QED) is 0.238. The molecule has 1 aliphatic carbocycles. The van der Waals surface area contributed by atoms with Crippen LogP contribution in [0.2, 0.25) is 0 Å². The highest BCUT2D eigenvalue weighted by Gasteiger charge is 2.31. The number of hydrogen-bond donors (Lipinski definition) is 3. The molecule has 1 aromatic rings. The molecule has 1 heterocycles. The molecule has 1 aromatic carbocycles. The molecule has 2 aliphatic rings. The maximum Gasteiger partial charge on any atom is 0.250 e. The summed E-state index contributed by atoms with van der Waals surface area (Å²) >= 11 is 0. The van der Waals surface area contributed by atoms with Crippen LogP contribution < -0.4 is 15.8 Å². The molecule has 1 saturated heterocycles. The number of anilines is 1. The maximum atomic E-state index is 12.0. The van der Waals surface area contributed by atoms with Gasteiger partial charge in [-0.1, -0.05) is 31.2 Å². The maximum absolute atomic E-state index is 12.0.